The molecule has 1 saturated heterocycles. The summed E-state index contributed by atoms with van der Waals surface area (Å²) in [6.07, 6.45) is 6.86. The van der Waals surface area contributed by atoms with Gasteiger partial charge in [0.2, 0.25) is 5.91 Å². The molecule has 5 aliphatic rings. The van der Waals surface area contributed by atoms with Crippen molar-refractivity contribution in [2.24, 2.45) is 23.2 Å². The zero-order valence-corrected chi connectivity index (χ0v) is 18.8. The van der Waals surface area contributed by atoms with E-state index in [4.69, 9.17) is 4.74 Å². The number of nitrogens with zero attached hydrogens (tertiary/aromatic N) is 1. The van der Waals surface area contributed by atoms with Crippen LogP contribution in [0.2, 0.25) is 0 Å². The van der Waals surface area contributed by atoms with Gasteiger partial charge in [-0.3, -0.25) is 14.9 Å². The molecular weight excluding hydrogens is 398 g/mol. The van der Waals surface area contributed by atoms with Gasteiger partial charge in [0.05, 0.1) is 5.41 Å². The molecule has 0 aromatic heterocycles. The van der Waals surface area contributed by atoms with E-state index in [0.29, 0.717) is 30.7 Å². The van der Waals surface area contributed by atoms with Crippen molar-refractivity contribution in [3.8, 4) is 0 Å². The van der Waals surface area contributed by atoms with Gasteiger partial charge in [0.15, 0.2) is 6.10 Å². The van der Waals surface area contributed by atoms with E-state index in [1.807, 2.05) is 0 Å². The van der Waals surface area contributed by atoms with Crippen LogP contribution in [-0.2, 0) is 19.1 Å². The molecule has 4 amide bonds. The summed E-state index contributed by atoms with van der Waals surface area (Å²) < 4.78 is 5.38. The van der Waals surface area contributed by atoms with Crippen LogP contribution >= 0.6 is 0 Å². The molecule has 0 aromatic rings. The molecule has 5 fully saturated rings. The van der Waals surface area contributed by atoms with Gasteiger partial charge in [0.25, 0.3) is 5.91 Å². The molecule has 4 aliphatic carbocycles. The first-order chi connectivity index (χ1) is 14.7. The number of imide groups is 1. The summed E-state index contributed by atoms with van der Waals surface area (Å²) in [5.74, 6) is 0.863. The highest BCUT2D eigenvalue weighted by Gasteiger charge is 2.57. The summed E-state index contributed by atoms with van der Waals surface area (Å²) >= 11 is 0. The molecule has 0 aromatic carbocycles. The number of nitrogens with one attached hydrogen (secondary N) is 2. The highest BCUT2D eigenvalue weighted by atomic mass is 16.5. The molecule has 8 nitrogen and oxygen atoms in total. The molecular formula is C23H35N3O5. The third-order valence-corrected chi connectivity index (χ3v) is 7.60. The Labute approximate surface area is 183 Å². The zero-order valence-electron chi connectivity index (χ0n) is 18.8. The number of likely N-dealkylation sites (tertiary alicyclic amines) is 1. The Balaban J connectivity index is 1.37. The fourth-order valence-corrected chi connectivity index (χ4v) is 6.75. The normalized spacial score (nSPS) is 34.5. The first-order valence-corrected chi connectivity index (χ1v) is 11.8. The summed E-state index contributed by atoms with van der Waals surface area (Å²) in [7, 11) is 0. The lowest BCUT2D eigenvalue weighted by Crippen LogP contribution is -2.56. The second-order valence-corrected chi connectivity index (χ2v) is 10.6. The van der Waals surface area contributed by atoms with Gasteiger partial charge in [-0.1, -0.05) is 0 Å². The van der Waals surface area contributed by atoms with Crippen molar-refractivity contribution in [3.63, 3.8) is 0 Å². The van der Waals surface area contributed by atoms with Crippen molar-refractivity contribution in [1.29, 1.82) is 0 Å². The van der Waals surface area contributed by atoms with Crippen LogP contribution < -0.4 is 10.6 Å². The van der Waals surface area contributed by atoms with E-state index < -0.39 is 30.1 Å². The molecule has 0 unspecified atom stereocenters. The third-order valence-electron chi connectivity index (χ3n) is 7.60. The number of hydrogen-bond acceptors (Lipinski definition) is 5. The lowest BCUT2D eigenvalue weighted by molar-refractivity contribution is -0.168. The fraction of sp³-hybridized carbons (Fsp3) is 0.826. The van der Waals surface area contributed by atoms with E-state index >= 15 is 0 Å². The zero-order chi connectivity index (χ0) is 22.3. The van der Waals surface area contributed by atoms with Crippen molar-refractivity contribution in [2.45, 2.75) is 90.3 Å². The monoisotopic (exact) mass is 433 g/mol. The van der Waals surface area contributed by atoms with Crippen LogP contribution in [-0.4, -0.2) is 53.4 Å². The highest BCUT2D eigenvalue weighted by Crippen LogP contribution is 2.60. The lowest BCUT2D eigenvalue weighted by Gasteiger charge is -2.56. The molecule has 4 bridgehead atoms. The van der Waals surface area contributed by atoms with E-state index in [9.17, 15) is 19.2 Å². The molecule has 31 heavy (non-hydrogen) atoms. The molecule has 1 heterocycles. The van der Waals surface area contributed by atoms with Gasteiger partial charge in [-0.15, -0.1) is 0 Å². The van der Waals surface area contributed by atoms with Crippen LogP contribution in [0.3, 0.4) is 0 Å². The highest BCUT2D eigenvalue weighted by molar-refractivity contribution is 5.97. The van der Waals surface area contributed by atoms with Crippen LogP contribution in [0, 0.1) is 23.2 Å². The number of ether oxygens (including phenoxy) is 1. The van der Waals surface area contributed by atoms with Crippen molar-refractivity contribution in [3.05, 3.63) is 0 Å². The molecule has 5 rings (SSSR count). The lowest BCUT2D eigenvalue weighted by atomic mass is 9.49. The summed E-state index contributed by atoms with van der Waals surface area (Å²) in [6.45, 7) is 5.57. The fourth-order valence-electron chi connectivity index (χ4n) is 6.75. The average molecular weight is 434 g/mol. The minimum Gasteiger partial charge on any atom is -0.451 e. The van der Waals surface area contributed by atoms with Crippen molar-refractivity contribution >= 4 is 23.8 Å². The molecule has 0 radical (unpaired) electrons. The van der Waals surface area contributed by atoms with E-state index in [-0.39, 0.29) is 17.4 Å². The number of esters is 1. The van der Waals surface area contributed by atoms with Gasteiger partial charge < -0.3 is 15.0 Å². The quantitative estimate of drug-likeness (QED) is 0.648. The van der Waals surface area contributed by atoms with Crippen molar-refractivity contribution in [1.82, 2.24) is 15.5 Å². The van der Waals surface area contributed by atoms with Gasteiger partial charge >= 0.3 is 12.0 Å². The summed E-state index contributed by atoms with van der Waals surface area (Å²) in [5.41, 5.74) is -0.296. The molecule has 2 N–H and O–H groups in total. The summed E-state index contributed by atoms with van der Waals surface area (Å²) in [6, 6.07) is -1.38. The van der Waals surface area contributed by atoms with E-state index in [1.165, 1.54) is 26.2 Å². The maximum Gasteiger partial charge on any atom is 0.329 e. The smallest absolute Gasteiger partial charge is 0.329 e. The number of amides is 4. The van der Waals surface area contributed by atoms with Crippen LogP contribution in [0.25, 0.3) is 0 Å². The topological polar surface area (TPSA) is 105 Å². The number of urea groups is 1. The maximum absolute atomic E-state index is 13.7. The number of rotatable bonds is 5. The Morgan fingerprint density at radius 2 is 1.55 bits per heavy atom. The van der Waals surface area contributed by atoms with E-state index in [0.717, 1.165) is 25.7 Å². The molecule has 4 saturated carbocycles. The van der Waals surface area contributed by atoms with E-state index in [1.54, 1.807) is 18.7 Å². The molecule has 8 heteroatoms. The van der Waals surface area contributed by atoms with Gasteiger partial charge in [-0.05, 0) is 89.9 Å². The molecule has 0 spiro atoms. The largest absolute Gasteiger partial charge is 0.451 e. The Bertz CT molecular complexity index is 729. The van der Waals surface area contributed by atoms with Crippen LogP contribution in [0.1, 0.15) is 72.1 Å². The Morgan fingerprint density at radius 1 is 0.968 bits per heavy atom. The number of hydrogen-bond donors (Lipinski definition) is 2. The average Bonchev–Trinajstić information content (AvgIpc) is 3.15. The molecule has 1 aliphatic heterocycles. The van der Waals surface area contributed by atoms with Crippen LogP contribution in [0.5, 0.6) is 0 Å². The Hall–Kier alpha value is -2.12. The predicted octanol–water partition coefficient (Wildman–Crippen LogP) is 2.36. The predicted molar refractivity (Wildman–Crippen MR) is 113 cm³/mol. The van der Waals surface area contributed by atoms with Gasteiger partial charge in [0, 0.05) is 12.6 Å². The van der Waals surface area contributed by atoms with Crippen LogP contribution in [0.4, 0.5) is 4.79 Å². The number of carbonyl (C=O) groups is 4. The second kappa shape index (κ2) is 8.43. The summed E-state index contributed by atoms with van der Waals surface area (Å²) in [5, 5.41) is 4.74. The molecule has 2 atom stereocenters. The Morgan fingerprint density at radius 3 is 2.10 bits per heavy atom. The van der Waals surface area contributed by atoms with Gasteiger partial charge in [-0.25, -0.2) is 9.59 Å². The Kier molecular flexibility index (Phi) is 6.01. The van der Waals surface area contributed by atoms with Gasteiger partial charge in [-0.2, -0.15) is 0 Å². The standard InChI is InChI=1S/C23H35N3O5/c1-13(2)24-22(30)25-19(27)14(3)31-20(28)18-5-4-6-26(18)21(29)23-10-15-7-16(11-23)9-17(8-15)12-23/h13-18H,4-12H2,1-3H3,(H2,24,25,27,30)/t14-,15?,16?,17?,18+,23?/m1/s1. The first kappa shape index (κ1) is 22.1. The van der Waals surface area contributed by atoms with Gasteiger partial charge in [0.1, 0.15) is 6.04 Å². The first-order valence-electron chi connectivity index (χ1n) is 11.8. The minimum absolute atomic E-state index is 0.117. The minimum atomic E-state index is -1.11. The van der Waals surface area contributed by atoms with E-state index in [2.05, 4.69) is 10.6 Å². The van der Waals surface area contributed by atoms with Crippen LogP contribution in [0.15, 0.2) is 0 Å². The third kappa shape index (κ3) is 4.44. The summed E-state index contributed by atoms with van der Waals surface area (Å²) in [4.78, 5) is 52.2. The second-order valence-electron chi connectivity index (χ2n) is 10.6. The SMILES string of the molecule is CC(C)NC(=O)NC(=O)[C@@H](C)OC(=O)[C@@H]1CCCN1C(=O)C12CC3CC(CC(C3)C1)C2. The van der Waals surface area contributed by atoms with Crippen molar-refractivity contribution < 1.29 is 23.9 Å². The molecule has 172 valence electrons. The number of carbonyl (C=O) groups excluding carboxylic acids is 4. The maximum atomic E-state index is 13.7. The van der Waals surface area contributed by atoms with Crippen molar-refractivity contribution in [2.75, 3.05) is 6.54 Å².